The van der Waals surface area contributed by atoms with Gasteiger partial charge in [-0.05, 0) is 30.7 Å². The topological polar surface area (TPSA) is 60.9 Å². The third kappa shape index (κ3) is 3.31. The number of hydrogen-bond donors (Lipinski definition) is 1. The van der Waals surface area contributed by atoms with Crippen molar-refractivity contribution in [3.05, 3.63) is 69.7 Å². The minimum Gasteiger partial charge on any atom is -0.321 e. The quantitative estimate of drug-likeness (QED) is 0.752. The molecule has 1 heterocycles. The lowest BCUT2D eigenvalue weighted by Crippen LogP contribution is -2.28. The molecular weight excluding hydrogens is 345 g/mol. The van der Waals surface area contributed by atoms with E-state index >= 15 is 0 Å². The van der Waals surface area contributed by atoms with Crippen LogP contribution in [0.3, 0.4) is 0 Å². The Kier molecular flexibility index (Phi) is 5.99. The van der Waals surface area contributed by atoms with E-state index < -0.39 is 0 Å². The Bertz CT molecular complexity index is 894. The number of aromatic nitrogens is 2. The molecule has 0 aliphatic heterocycles. The molecule has 3 aromatic rings. The molecule has 1 atom stereocenters. The Hall–Kier alpha value is -1.88. The van der Waals surface area contributed by atoms with E-state index in [1.807, 2.05) is 30.3 Å². The van der Waals surface area contributed by atoms with Gasteiger partial charge in [0.15, 0.2) is 0 Å². The fraction of sp³-hybridized carbons (Fsp3) is 0.222. The molecule has 0 spiro atoms. The van der Waals surface area contributed by atoms with Gasteiger partial charge in [0, 0.05) is 0 Å². The van der Waals surface area contributed by atoms with Gasteiger partial charge < -0.3 is 5.73 Å². The molecule has 1 aromatic heterocycles. The number of hydrogen-bond acceptors (Lipinski definition) is 3. The highest BCUT2D eigenvalue weighted by molar-refractivity contribution is 6.35. The lowest BCUT2D eigenvalue weighted by atomic mass is 10.1. The molecule has 0 saturated heterocycles. The number of nitrogens with two attached hydrogens (primary N) is 1. The maximum atomic E-state index is 13.1. The van der Waals surface area contributed by atoms with Crippen molar-refractivity contribution in [2.45, 2.75) is 25.8 Å². The van der Waals surface area contributed by atoms with Gasteiger partial charge in [-0.15, -0.1) is 12.4 Å². The van der Waals surface area contributed by atoms with Crippen LogP contribution in [0.2, 0.25) is 5.02 Å². The van der Waals surface area contributed by atoms with Gasteiger partial charge in [0.2, 0.25) is 0 Å². The molecule has 2 aromatic carbocycles. The molecule has 4 nitrogen and oxygen atoms in total. The van der Waals surface area contributed by atoms with Crippen molar-refractivity contribution in [3.63, 3.8) is 0 Å². The van der Waals surface area contributed by atoms with Crippen LogP contribution < -0.4 is 11.3 Å². The van der Waals surface area contributed by atoms with Crippen LogP contribution in [-0.4, -0.2) is 9.55 Å². The lowest BCUT2D eigenvalue weighted by Gasteiger charge is -2.18. The molecule has 0 saturated carbocycles. The van der Waals surface area contributed by atoms with Crippen LogP contribution in [0.4, 0.5) is 0 Å². The van der Waals surface area contributed by atoms with Crippen molar-refractivity contribution in [1.82, 2.24) is 9.55 Å². The maximum absolute atomic E-state index is 13.1. The lowest BCUT2D eigenvalue weighted by molar-refractivity contribution is 0.583. The van der Waals surface area contributed by atoms with Gasteiger partial charge >= 0.3 is 0 Å². The summed E-state index contributed by atoms with van der Waals surface area (Å²) < 4.78 is 1.58. The normalized spacial score (nSPS) is 12.0. The predicted molar refractivity (Wildman–Crippen MR) is 101 cm³/mol. The number of halogens is 2. The molecule has 0 aliphatic carbocycles. The molecule has 0 radical (unpaired) electrons. The Morgan fingerprint density at radius 2 is 1.88 bits per heavy atom. The van der Waals surface area contributed by atoms with E-state index in [0.29, 0.717) is 21.7 Å². The molecule has 0 aliphatic rings. The summed E-state index contributed by atoms with van der Waals surface area (Å²) in [6.45, 7) is 2.06. The first-order valence-corrected chi connectivity index (χ1v) is 8.03. The smallest absolute Gasteiger partial charge is 0.267 e. The Labute approximate surface area is 151 Å². The first-order valence-electron chi connectivity index (χ1n) is 7.65. The zero-order valence-corrected chi connectivity index (χ0v) is 14.8. The zero-order chi connectivity index (χ0) is 16.4. The van der Waals surface area contributed by atoms with Crippen molar-refractivity contribution in [2.24, 2.45) is 5.73 Å². The van der Waals surface area contributed by atoms with Gasteiger partial charge in [-0.25, -0.2) is 4.98 Å². The predicted octanol–water partition coefficient (Wildman–Crippen LogP) is 4.26. The van der Waals surface area contributed by atoms with E-state index in [1.165, 1.54) is 0 Å². The minimum atomic E-state index is -0.309. The van der Waals surface area contributed by atoms with Crippen LogP contribution in [-0.2, 0) is 0 Å². The highest BCUT2D eigenvalue weighted by Crippen LogP contribution is 2.23. The third-order valence-corrected chi connectivity index (χ3v) is 4.13. The molecule has 0 amide bonds. The van der Waals surface area contributed by atoms with Crippen molar-refractivity contribution < 1.29 is 0 Å². The summed E-state index contributed by atoms with van der Waals surface area (Å²) in [6, 6.07) is 14.4. The number of benzene rings is 2. The van der Waals surface area contributed by atoms with Gasteiger partial charge in [0.25, 0.3) is 5.56 Å². The summed E-state index contributed by atoms with van der Waals surface area (Å²) in [7, 11) is 0. The fourth-order valence-electron chi connectivity index (χ4n) is 2.72. The Morgan fingerprint density at radius 1 is 1.17 bits per heavy atom. The average molecular weight is 364 g/mol. The summed E-state index contributed by atoms with van der Waals surface area (Å²) in [4.78, 5) is 17.7. The summed E-state index contributed by atoms with van der Waals surface area (Å²) in [6.07, 6.45) is 1.67. The van der Waals surface area contributed by atoms with Gasteiger partial charge in [0.05, 0.1) is 27.7 Å². The second kappa shape index (κ2) is 7.79. The van der Waals surface area contributed by atoms with E-state index in [-0.39, 0.29) is 24.0 Å². The number of rotatable bonds is 4. The minimum absolute atomic E-state index is 0. The van der Waals surface area contributed by atoms with Crippen LogP contribution in [0.25, 0.3) is 16.6 Å². The van der Waals surface area contributed by atoms with Crippen LogP contribution in [0.1, 0.15) is 31.6 Å². The van der Waals surface area contributed by atoms with Crippen molar-refractivity contribution >= 4 is 34.9 Å². The van der Waals surface area contributed by atoms with E-state index in [9.17, 15) is 4.79 Å². The summed E-state index contributed by atoms with van der Waals surface area (Å²) >= 11 is 6.23. The van der Waals surface area contributed by atoms with E-state index in [0.717, 1.165) is 18.5 Å². The van der Waals surface area contributed by atoms with Crippen molar-refractivity contribution in [2.75, 3.05) is 0 Å². The second-order valence-corrected chi connectivity index (χ2v) is 5.88. The molecule has 126 valence electrons. The van der Waals surface area contributed by atoms with E-state index in [2.05, 4.69) is 11.9 Å². The summed E-state index contributed by atoms with van der Waals surface area (Å²) in [5, 5.41) is 0.825. The van der Waals surface area contributed by atoms with Crippen molar-refractivity contribution in [3.8, 4) is 5.69 Å². The molecule has 6 heteroatoms. The van der Waals surface area contributed by atoms with Gasteiger partial charge in [-0.1, -0.05) is 49.2 Å². The number of nitrogens with zero attached hydrogens (tertiary/aromatic N) is 2. The zero-order valence-electron chi connectivity index (χ0n) is 13.3. The molecular formula is C18H19Cl2N3O. The molecule has 24 heavy (non-hydrogen) atoms. The average Bonchev–Trinajstić information content (AvgIpc) is 2.55. The third-order valence-electron chi connectivity index (χ3n) is 3.82. The molecule has 0 bridgehead atoms. The monoisotopic (exact) mass is 363 g/mol. The van der Waals surface area contributed by atoms with Gasteiger partial charge in [-0.3, -0.25) is 9.36 Å². The Balaban J connectivity index is 0.00000208. The number of para-hydroxylation sites is 1. The summed E-state index contributed by atoms with van der Waals surface area (Å²) in [5.74, 6) is 0.567. The highest BCUT2D eigenvalue weighted by Gasteiger charge is 2.18. The first-order chi connectivity index (χ1) is 11.1. The highest BCUT2D eigenvalue weighted by atomic mass is 35.5. The van der Waals surface area contributed by atoms with Gasteiger partial charge in [-0.2, -0.15) is 0 Å². The Morgan fingerprint density at radius 3 is 2.54 bits per heavy atom. The first kappa shape index (κ1) is 18.5. The molecule has 2 N–H and O–H groups in total. The standard InChI is InChI=1S/C18H18ClN3O.ClH/c1-2-7-14(20)17-21-15-11-6-10-13(19)16(15)18(23)22(17)12-8-4-3-5-9-12;/h3-6,8-11,14H,2,7,20H2,1H3;1H. The summed E-state index contributed by atoms with van der Waals surface area (Å²) in [5.41, 5.74) is 7.42. The molecule has 0 fully saturated rings. The number of fused-ring (bicyclic) bond motifs is 1. The van der Waals surface area contributed by atoms with Crippen LogP contribution in [0.5, 0.6) is 0 Å². The SMILES string of the molecule is CCCC(N)c1nc2cccc(Cl)c2c(=O)n1-c1ccccc1.Cl. The van der Waals surface area contributed by atoms with Crippen LogP contribution >= 0.6 is 24.0 Å². The van der Waals surface area contributed by atoms with E-state index in [1.54, 1.807) is 22.8 Å². The van der Waals surface area contributed by atoms with Crippen LogP contribution in [0, 0.1) is 0 Å². The largest absolute Gasteiger partial charge is 0.321 e. The van der Waals surface area contributed by atoms with E-state index in [4.69, 9.17) is 17.3 Å². The second-order valence-electron chi connectivity index (χ2n) is 5.48. The maximum Gasteiger partial charge on any atom is 0.267 e. The van der Waals surface area contributed by atoms with Gasteiger partial charge in [0.1, 0.15) is 5.82 Å². The molecule has 1 unspecified atom stereocenters. The van der Waals surface area contributed by atoms with Crippen LogP contribution in [0.15, 0.2) is 53.3 Å². The fourth-order valence-corrected chi connectivity index (χ4v) is 2.97. The molecule has 3 rings (SSSR count). The van der Waals surface area contributed by atoms with Crippen molar-refractivity contribution in [1.29, 1.82) is 0 Å².